The number of rotatable bonds is 10. The van der Waals surface area contributed by atoms with Crippen LogP contribution in [-0.2, 0) is 10.0 Å². The number of benzene rings is 1. The number of aromatic nitrogens is 2. The summed E-state index contributed by atoms with van der Waals surface area (Å²) in [5, 5.41) is 8.94. The molecule has 3 aromatic rings. The van der Waals surface area contributed by atoms with E-state index >= 15 is 0 Å². The van der Waals surface area contributed by atoms with Crippen LogP contribution < -0.4 is 10.0 Å². The van der Waals surface area contributed by atoms with E-state index in [1.807, 2.05) is 10.8 Å². The van der Waals surface area contributed by atoms with Crippen LogP contribution in [0.25, 0.3) is 10.7 Å². The van der Waals surface area contributed by atoms with Gasteiger partial charge in [0.25, 0.3) is 0 Å². The summed E-state index contributed by atoms with van der Waals surface area (Å²) in [4.78, 5) is 8.81. The molecule has 0 radical (unpaired) electrons. The molecule has 0 aliphatic heterocycles. The van der Waals surface area contributed by atoms with Gasteiger partial charge in [0.1, 0.15) is 16.5 Å². The van der Waals surface area contributed by atoms with Gasteiger partial charge in [-0.3, -0.25) is 0 Å². The van der Waals surface area contributed by atoms with Crippen molar-refractivity contribution >= 4 is 37.8 Å². The summed E-state index contributed by atoms with van der Waals surface area (Å²) in [5.74, 6) is -0.458. The Bertz CT molecular complexity index is 941. The molecule has 2 heterocycles. The van der Waals surface area contributed by atoms with Crippen molar-refractivity contribution in [3.8, 4) is 10.7 Å². The van der Waals surface area contributed by atoms with E-state index < -0.39 is 15.8 Å². The molecular formula is C17H19FN4O2S3. The molecule has 0 unspecified atom stereocenters. The molecule has 3 rings (SSSR count). The van der Waals surface area contributed by atoms with Gasteiger partial charge in [0, 0.05) is 30.0 Å². The Labute approximate surface area is 165 Å². The number of thiazole rings is 2. The number of anilines is 1. The zero-order valence-corrected chi connectivity index (χ0v) is 16.8. The van der Waals surface area contributed by atoms with E-state index in [9.17, 15) is 12.8 Å². The third-order valence-corrected chi connectivity index (χ3v) is 6.77. The number of sulfonamides is 1. The summed E-state index contributed by atoms with van der Waals surface area (Å²) in [6, 6.07) is 4.79. The van der Waals surface area contributed by atoms with Crippen LogP contribution in [0.2, 0.25) is 0 Å². The van der Waals surface area contributed by atoms with Gasteiger partial charge in [-0.05, 0) is 37.1 Å². The second kappa shape index (κ2) is 9.36. The Morgan fingerprint density at radius 1 is 1.04 bits per heavy atom. The summed E-state index contributed by atoms with van der Waals surface area (Å²) in [7, 11) is -3.58. The molecule has 0 bridgehead atoms. The highest BCUT2D eigenvalue weighted by Gasteiger charge is 2.12. The quantitative estimate of drug-likeness (QED) is 0.479. The van der Waals surface area contributed by atoms with Crippen LogP contribution >= 0.6 is 22.7 Å². The van der Waals surface area contributed by atoms with Crippen molar-refractivity contribution in [2.24, 2.45) is 0 Å². The minimum atomic E-state index is -3.58. The van der Waals surface area contributed by atoms with Crippen molar-refractivity contribution in [2.75, 3.05) is 18.4 Å². The Morgan fingerprint density at radius 3 is 2.56 bits per heavy atom. The van der Waals surface area contributed by atoms with Crippen molar-refractivity contribution < 1.29 is 12.8 Å². The molecule has 0 amide bonds. The molecule has 0 aliphatic rings. The molecule has 1 aromatic carbocycles. The third-order valence-electron chi connectivity index (χ3n) is 3.70. The lowest BCUT2D eigenvalue weighted by Gasteiger charge is -2.07. The monoisotopic (exact) mass is 426 g/mol. The van der Waals surface area contributed by atoms with Crippen LogP contribution in [0.15, 0.2) is 46.1 Å². The Kier molecular flexibility index (Phi) is 6.89. The largest absolute Gasteiger partial charge is 0.362 e. The lowest BCUT2D eigenvalue weighted by molar-refractivity contribution is 0.574. The Morgan fingerprint density at radius 2 is 1.81 bits per heavy atom. The highest BCUT2D eigenvalue weighted by Crippen LogP contribution is 2.26. The molecule has 2 aromatic heterocycles. The fourth-order valence-corrected chi connectivity index (χ4v) is 4.80. The zero-order valence-electron chi connectivity index (χ0n) is 14.4. The standard InChI is InChI=1S/C17H19FN4O2S3/c18-13-4-6-14(7-5-13)27(23,24)21-9-3-1-2-8-20-17-22-15(12-26-17)16-19-10-11-25-16/h4-7,10-12,21H,1-3,8-9H2,(H,20,22). The number of nitrogens with zero attached hydrogens (tertiary/aromatic N) is 2. The predicted molar refractivity (Wildman–Crippen MR) is 107 cm³/mol. The van der Waals surface area contributed by atoms with Crippen molar-refractivity contribution in [1.82, 2.24) is 14.7 Å². The van der Waals surface area contributed by atoms with E-state index in [0.717, 1.165) is 53.8 Å². The first kappa shape index (κ1) is 19.9. The predicted octanol–water partition coefficient (Wildman–Crippen LogP) is 3.97. The molecule has 144 valence electrons. The first-order chi connectivity index (χ1) is 13.0. The maximum atomic E-state index is 12.9. The number of halogens is 1. The first-order valence-corrected chi connectivity index (χ1v) is 11.6. The molecule has 0 fully saturated rings. The molecular weight excluding hydrogens is 407 g/mol. The van der Waals surface area contributed by atoms with Crippen LogP contribution in [0.1, 0.15) is 19.3 Å². The second-order valence-electron chi connectivity index (χ2n) is 5.71. The second-order valence-corrected chi connectivity index (χ2v) is 9.23. The maximum Gasteiger partial charge on any atom is 0.240 e. The average molecular weight is 427 g/mol. The minimum Gasteiger partial charge on any atom is -0.362 e. The summed E-state index contributed by atoms with van der Waals surface area (Å²) < 4.78 is 39.5. The molecule has 0 atom stereocenters. The molecule has 6 nitrogen and oxygen atoms in total. The van der Waals surface area contributed by atoms with Crippen molar-refractivity contribution in [1.29, 1.82) is 0 Å². The van der Waals surface area contributed by atoms with Crippen LogP contribution in [0.5, 0.6) is 0 Å². The maximum absolute atomic E-state index is 12.9. The molecule has 27 heavy (non-hydrogen) atoms. The van der Waals surface area contributed by atoms with E-state index in [1.165, 1.54) is 12.1 Å². The summed E-state index contributed by atoms with van der Waals surface area (Å²) >= 11 is 3.10. The number of hydrogen-bond acceptors (Lipinski definition) is 7. The lowest BCUT2D eigenvalue weighted by atomic mass is 10.2. The van der Waals surface area contributed by atoms with Crippen molar-refractivity contribution in [3.05, 3.63) is 47.0 Å². The van der Waals surface area contributed by atoms with Gasteiger partial charge in [0.2, 0.25) is 10.0 Å². The molecule has 10 heteroatoms. The fourth-order valence-electron chi connectivity index (χ4n) is 2.33. The SMILES string of the molecule is O=S(=O)(NCCCCCNc1nc(-c2nccs2)cs1)c1ccc(F)cc1. The third kappa shape index (κ3) is 5.80. The van der Waals surface area contributed by atoms with E-state index in [-0.39, 0.29) is 4.90 Å². The molecule has 2 N–H and O–H groups in total. The summed E-state index contributed by atoms with van der Waals surface area (Å²) in [5.41, 5.74) is 0.882. The van der Waals surface area contributed by atoms with E-state index in [0.29, 0.717) is 6.54 Å². The van der Waals surface area contributed by atoms with Gasteiger partial charge in [0.15, 0.2) is 5.13 Å². The highest BCUT2D eigenvalue weighted by molar-refractivity contribution is 7.89. The number of nitrogens with one attached hydrogen (secondary N) is 2. The molecule has 0 aliphatic carbocycles. The smallest absolute Gasteiger partial charge is 0.240 e. The van der Waals surface area contributed by atoms with E-state index in [1.54, 1.807) is 28.9 Å². The molecule has 0 saturated carbocycles. The van der Waals surface area contributed by atoms with Gasteiger partial charge >= 0.3 is 0 Å². The van der Waals surface area contributed by atoms with Gasteiger partial charge in [0.05, 0.1) is 4.90 Å². The van der Waals surface area contributed by atoms with Gasteiger partial charge in [-0.2, -0.15) is 0 Å². The summed E-state index contributed by atoms with van der Waals surface area (Å²) in [6.07, 6.45) is 4.27. The molecule has 0 saturated heterocycles. The van der Waals surface area contributed by atoms with Gasteiger partial charge in [-0.15, -0.1) is 22.7 Å². The fraction of sp³-hybridized carbons (Fsp3) is 0.294. The van der Waals surface area contributed by atoms with Crippen LogP contribution in [0.4, 0.5) is 9.52 Å². The minimum absolute atomic E-state index is 0.0744. The number of hydrogen-bond donors (Lipinski definition) is 2. The lowest BCUT2D eigenvalue weighted by Crippen LogP contribution is -2.24. The van der Waals surface area contributed by atoms with Gasteiger partial charge in [-0.25, -0.2) is 27.5 Å². The topological polar surface area (TPSA) is 84.0 Å². The Hall–Kier alpha value is -1.88. The normalized spacial score (nSPS) is 11.6. The van der Waals surface area contributed by atoms with Crippen molar-refractivity contribution in [2.45, 2.75) is 24.2 Å². The first-order valence-electron chi connectivity index (χ1n) is 8.39. The van der Waals surface area contributed by atoms with Crippen LogP contribution in [0, 0.1) is 5.82 Å². The highest BCUT2D eigenvalue weighted by atomic mass is 32.2. The number of unbranched alkanes of at least 4 members (excludes halogenated alkanes) is 2. The van der Waals surface area contributed by atoms with Crippen LogP contribution in [0.3, 0.4) is 0 Å². The Balaban J connectivity index is 1.32. The summed E-state index contributed by atoms with van der Waals surface area (Å²) in [6.45, 7) is 1.13. The van der Waals surface area contributed by atoms with Crippen molar-refractivity contribution in [3.63, 3.8) is 0 Å². The van der Waals surface area contributed by atoms with Gasteiger partial charge in [-0.1, -0.05) is 6.42 Å². The van der Waals surface area contributed by atoms with Crippen LogP contribution in [-0.4, -0.2) is 31.5 Å². The average Bonchev–Trinajstić information content (AvgIpc) is 3.33. The van der Waals surface area contributed by atoms with E-state index in [2.05, 4.69) is 20.0 Å². The molecule has 0 spiro atoms. The zero-order chi connectivity index (χ0) is 19.1. The van der Waals surface area contributed by atoms with Gasteiger partial charge < -0.3 is 5.32 Å². The van der Waals surface area contributed by atoms with E-state index in [4.69, 9.17) is 0 Å².